The van der Waals surface area contributed by atoms with Crippen LogP contribution in [-0.4, -0.2) is 54.9 Å². The molecule has 4 rings (SSSR count). The van der Waals surface area contributed by atoms with Crippen LogP contribution in [0.4, 0.5) is 5.82 Å². The first-order valence-corrected chi connectivity index (χ1v) is 15.4. The van der Waals surface area contributed by atoms with Gasteiger partial charge in [-0.25, -0.2) is 4.98 Å². The molecule has 1 aromatic carbocycles. The van der Waals surface area contributed by atoms with E-state index in [2.05, 4.69) is 40.2 Å². The smallest absolute Gasteiger partial charge is 0.323 e. The molecule has 0 unspecified atom stereocenters. The Hall–Kier alpha value is -4.41. The molecule has 0 atom stereocenters. The summed E-state index contributed by atoms with van der Waals surface area (Å²) in [6, 6.07) is 12.0. The lowest BCUT2D eigenvalue weighted by molar-refractivity contribution is -0.114. The minimum atomic E-state index is -1.11. The maximum absolute atomic E-state index is 12.0. The Morgan fingerprint density at radius 1 is 1.22 bits per heavy atom. The van der Waals surface area contributed by atoms with Gasteiger partial charge in [0.05, 0.1) is 12.3 Å². The van der Waals surface area contributed by atoms with E-state index < -0.39 is 5.91 Å². The number of aromatic nitrogens is 1. The van der Waals surface area contributed by atoms with Crippen LogP contribution in [0.5, 0.6) is 0 Å². The molecule has 238 valence electrons. The maximum atomic E-state index is 12.0. The minimum Gasteiger partial charge on any atom is -0.488 e. The quantitative estimate of drug-likeness (QED) is 0.0808. The number of nitrogens with one attached hydrogen (secondary N) is 2. The fourth-order valence-corrected chi connectivity index (χ4v) is 5.60. The third-order valence-corrected chi connectivity index (χ3v) is 7.83. The van der Waals surface area contributed by atoms with Crippen molar-refractivity contribution in [2.75, 3.05) is 38.2 Å². The Balaban J connectivity index is 1.53. The molecule has 45 heavy (non-hydrogen) atoms. The van der Waals surface area contributed by atoms with Crippen LogP contribution in [-0.2, 0) is 38.6 Å². The average molecular weight is 614 g/mol. The Morgan fingerprint density at radius 3 is 2.71 bits per heavy atom. The van der Waals surface area contributed by atoms with Gasteiger partial charge in [0.2, 0.25) is 5.88 Å². The molecule has 0 saturated carbocycles. The van der Waals surface area contributed by atoms with Crippen molar-refractivity contribution < 1.29 is 19.0 Å². The van der Waals surface area contributed by atoms with E-state index >= 15 is 0 Å². The number of amides is 1. The van der Waals surface area contributed by atoms with Gasteiger partial charge in [-0.15, -0.1) is 4.91 Å². The predicted octanol–water partition coefficient (Wildman–Crippen LogP) is 6.55. The molecular formula is C35H43N5O5. The van der Waals surface area contributed by atoms with Gasteiger partial charge in [0.1, 0.15) is 23.8 Å². The van der Waals surface area contributed by atoms with Gasteiger partial charge in [0.25, 0.3) is 0 Å². The molecule has 1 saturated heterocycles. The van der Waals surface area contributed by atoms with E-state index in [1.54, 1.807) is 19.1 Å². The van der Waals surface area contributed by atoms with Crippen LogP contribution in [0.3, 0.4) is 0 Å². The van der Waals surface area contributed by atoms with E-state index in [4.69, 9.17) is 24.6 Å². The molecule has 2 aliphatic heterocycles. The van der Waals surface area contributed by atoms with Crippen molar-refractivity contribution in [2.24, 2.45) is 11.1 Å². The van der Waals surface area contributed by atoms with Gasteiger partial charge in [-0.05, 0) is 80.3 Å². The van der Waals surface area contributed by atoms with Crippen molar-refractivity contribution in [1.82, 2.24) is 9.88 Å². The number of rotatable bonds is 14. The third kappa shape index (κ3) is 9.06. The Morgan fingerprint density at radius 2 is 2.02 bits per heavy atom. The van der Waals surface area contributed by atoms with Crippen molar-refractivity contribution >= 4 is 23.5 Å². The van der Waals surface area contributed by atoms with Crippen molar-refractivity contribution in [2.45, 2.75) is 53.2 Å². The molecule has 0 aliphatic carbocycles. The Bertz CT molecular complexity index is 1490. The number of nitroso groups, excluding NO2 is 1. The number of fused-ring (bicyclic) bond motifs is 1. The first kappa shape index (κ1) is 33.5. The number of allylic oxidation sites excluding steroid dienone is 4. The summed E-state index contributed by atoms with van der Waals surface area (Å²) in [6.45, 7) is 15.2. The van der Waals surface area contributed by atoms with Gasteiger partial charge in [-0.1, -0.05) is 43.0 Å². The normalized spacial score (nSPS) is 16.7. The molecule has 10 nitrogen and oxygen atoms in total. The van der Waals surface area contributed by atoms with Gasteiger partial charge in [-0.3, -0.25) is 9.69 Å². The zero-order chi connectivity index (χ0) is 32.2. The van der Waals surface area contributed by atoms with Crippen LogP contribution in [0.1, 0.15) is 56.0 Å². The molecular weight excluding hydrogens is 570 g/mol. The topological polar surface area (TPSA) is 126 Å². The van der Waals surface area contributed by atoms with E-state index in [1.807, 2.05) is 32.1 Å². The van der Waals surface area contributed by atoms with Gasteiger partial charge in [0.15, 0.2) is 0 Å². The van der Waals surface area contributed by atoms with Crippen LogP contribution in [0.15, 0.2) is 83.1 Å². The summed E-state index contributed by atoms with van der Waals surface area (Å²) in [5, 5.41) is 12.9. The first-order chi connectivity index (χ1) is 21.9. The predicted molar refractivity (Wildman–Crippen MR) is 176 cm³/mol. The largest absolute Gasteiger partial charge is 0.488 e. The van der Waals surface area contributed by atoms with Gasteiger partial charge < -0.3 is 24.9 Å². The summed E-state index contributed by atoms with van der Waals surface area (Å²) in [5.74, 6) is 0.494. The Labute approximate surface area is 265 Å². The van der Waals surface area contributed by atoms with Crippen molar-refractivity contribution in [3.8, 4) is 0 Å². The second-order valence-corrected chi connectivity index (χ2v) is 11.2. The monoisotopic (exact) mass is 613 g/mol. The Kier molecular flexibility index (Phi) is 12.4. The highest BCUT2D eigenvalue weighted by molar-refractivity contribution is 6.12. The zero-order valence-electron chi connectivity index (χ0n) is 26.4. The maximum Gasteiger partial charge on any atom is 0.323 e. The second-order valence-electron chi connectivity index (χ2n) is 11.2. The standard InChI is InChI=1S/C35H43N5O5/c1-5-8-29(31-9-7-10-32(37-31)38-35(44-6-2)30(20-36)34(41)39-42)33(24(3)4)45-23-26-11-12-28-22-40(16-13-27(28)19-26)21-25-14-17-43-18-15-25/h5,7-12,19-20,25,36H,3,6,13-18,21-23H2,1-2,4H3,(H,37,38)/b8-5-,33-29-,35-30-,36-20?. The fraction of sp³-hybridized carbons (Fsp3) is 0.400. The van der Waals surface area contributed by atoms with Gasteiger partial charge in [-0.2, -0.15) is 0 Å². The number of anilines is 1. The molecule has 2 aliphatic rings. The van der Waals surface area contributed by atoms with E-state index in [9.17, 15) is 9.70 Å². The number of ether oxygens (including phenoxy) is 3. The van der Waals surface area contributed by atoms with Crippen LogP contribution >= 0.6 is 0 Å². The molecule has 0 bridgehead atoms. The number of hydrogen-bond donors (Lipinski definition) is 2. The highest BCUT2D eigenvalue weighted by Gasteiger charge is 2.22. The zero-order valence-corrected chi connectivity index (χ0v) is 26.4. The summed E-state index contributed by atoms with van der Waals surface area (Å²) < 4.78 is 17.5. The molecule has 0 spiro atoms. The molecule has 3 heterocycles. The molecule has 1 amide bonds. The van der Waals surface area contributed by atoms with E-state index in [1.165, 1.54) is 11.1 Å². The third-order valence-electron chi connectivity index (χ3n) is 7.83. The SMILES string of the molecule is C=C(C)/C(OCc1ccc2c(c1)CCN(CC1CCOCC1)C2)=C(\C=C/C)c1cccc(N/C(OCC)=C(\C=N)C(=O)N=O)n1. The number of hydrogen-bond acceptors (Lipinski definition) is 9. The van der Waals surface area contributed by atoms with E-state index in [0.29, 0.717) is 23.9 Å². The van der Waals surface area contributed by atoms with Crippen LogP contribution in [0.25, 0.3) is 5.57 Å². The summed E-state index contributed by atoms with van der Waals surface area (Å²) in [5.41, 5.74) is 5.62. The lowest BCUT2D eigenvalue weighted by Crippen LogP contribution is -2.36. The van der Waals surface area contributed by atoms with Crippen molar-refractivity contribution in [1.29, 1.82) is 5.41 Å². The second kappa shape index (κ2) is 16.6. The molecule has 1 aromatic heterocycles. The molecule has 10 heteroatoms. The number of pyridine rings is 1. The lowest BCUT2D eigenvalue weighted by Gasteiger charge is -2.33. The number of benzene rings is 1. The van der Waals surface area contributed by atoms with Crippen LogP contribution < -0.4 is 5.32 Å². The fourth-order valence-electron chi connectivity index (χ4n) is 5.60. The van der Waals surface area contributed by atoms with Gasteiger partial charge >= 0.3 is 5.91 Å². The summed E-state index contributed by atoms with van der Waals surface area (Å²) in [4.78, 5) is 30.1. The van der Waals surface area contributed by atoms with E-state index in [0.717, 1.165) is 81.0 Å². The molecule has 2 aromatic rings. The van der Waals surface area contributed by atoms with Gasteiger partial charge in [0, 0.05) is 49.8 Å². The summed E-state index contributed by atoms with van der Waals surface area (Å²) in [6.07, 6.45) is 7.88. The number of nitrogens with zero attached hydrogens (tertiary/aromatic N) is 3. The number of carbonyl (C=O) groups is 1. The van der Waals surface area contributed by atoms with Crippen LogP contribution in [0, 0.1) is 16.2 Å². The first-order valence-electron chi connectivity index (χ1n) is 15.4. The minimum absolute atomic E-state index is 0.0752. The average Bonchev–Trinajstić information content (AvgIpc) is 3.05. The number of carbonyl (C=O) groups excluding carboxylic acids is 1. The highest BCUT2D eigenvalue weighted by Crippen LogP contribution is 2.28. The lowest BCUT2D eigenvalue weighted by atomic mass is 9.94. The molecule has 1 fully saturated rings. The van der Waals surface area contributed by atoms with Crippen molar-refractivity contribution in [3.05, 3.63) is 105 Å². The van der Waals surface area contributed by atoms with Crippen molar-refractivity contribution in [3.63, 3.8) is 0 Å². The summed E-state index contributed by atoms with van der Waals surface area (Å²) in [7, 11) is 0. The van der Waals surface area contributed by atoms with E-state index in [-0.39, 0.29) is 18.1 Å². The highest BCUT2D eigenvalue weighted by atomic mass is 16.5. The molecule has 0 radical (unpaired) electrons. The summed E-state index contributed by atoms with van der Waals surface area (Å²) >= 11 is 0. The van der Waals surface area contributed by atoms with Crippen LogP contribution in [0.2, 0.25) is 0 Å². The molecule has 2 N–H and O–H groups in total.